The van der Waals surface area contributed by atoms with Gasteiger partial charge in [-0.3, -0.25) is 0 Å². The third-order valence-electron chi connectivity index (χ3n) is 2.89. The van der Waals surface area contributed by atoms with Crippen LogP contribution in [0.4, 0.5) is 0 Å². The molecule has 0 fully saturated rings. The molecule has 1 aromatic carbocycles. The van der Waals surface area contributed by atoms with Gasteiger partial charge in [0.1, 0.15) is 0 Å². The van der Waals surface area contributed by atoms with Gasteiger partial charge in [0.25, 0.3) is 0 Å². The van der Waals surface area contributed by atoms with Crippen LogP contribution in [0.1, 0.15) is 38.8 Å². The summed E-state index contributed by atoms with van der Waals surface area (Å²) in [5, 5.41) is 12.9. The molecule has 0 radical (unpaired) electrons. The average Bonchev–Trinajstić information content (AvgIpc) is 2.27. The zero-order chi connectivity index (χ0) is 13.7. The minimum absolute atomic E-state index is 0.149. The highest BCUT2D eigenvalue weighted by Gasteiger charge is 2.15. The summed E-state index contributed by atoms with van der Waals surface area (Å²) in [6, 6.07) is 6.53. The van der Waals surface area contributed by atoms with Crippen LogP contribution in [0, 0.1) is 5.92 Å². The first-order valence-electron chi connectivity index (χ1n) is 6.26. The van der Waals surface area contributed by atoms with Gasteiger partial charge in [0.15, 0.2) is 0 Å². The van der Waals surface area contributed by atoms with Crippen molar-refractivity contribution < 1.29 is 5.11 Å². The number of benzene rings is 1. The molecule has 2 atom stereocenters. The summed E-state index contributed by atoms with van der Waals surface area (Å²) >= 11 is 7.03. The molecule has 0 aliphatic heterocycles. The second-order valence-corrected chi connectivity index (χ2v) is 6.83. The molecule has 18 heavy (non-hydrogen) atoms. The molecule has 0 aromatic heterocycles. The molecule has 0 saturated heterocycles. The SMILES string of the molecule is CC(C)CC(CO)NC(C)c1ccc(Br)cc1Br. The predicted molar refractivity (Wildman–Crippen MR) is 83.7 cm³/mol. The lowest BCUT2D eigenvalue weighted by atomic mass is 10.0. The van der Waals surface area contributed by atoms with Crippen molar-refractivity contribution in [2.45, 2.75) is 39.3 Å². The van der Waals surface area contributed by atoms with Crippen LogP contribution in [0.2, 0.25) is 0 Å². The highest BCUT2D eigenvalue weighted by Crippen LogP contribution is 2.27. The zero-order valence-electron chi connectivity index (χ0n) is 11.1. The van der Waals surface area contributed by atoms with E-state index in [1.165, 1.54) is 5.56 Å². The molecule has 1 aromatic rings. The number of halogens is 2. The molecule has 2 nitrogen and oxygen atoms in total. The van der Waals surface area contributed by atoms with E-state index in [1.807, 2.05) is 12.1 Å². The molecule has 0 heterocycles. The van der Waals surface area contributed by atoms with Gasteiger partial charge in [0.05, 0.1) is 6.61 Å². The van der Waals surface area contributed by atoms with E-state index in [1.54, 1.807) is 0 Å². The fourth-order valence-corrected chi connectivity index (χ4v) is 3.45. The smallest absolute Gasteiger partial charge is 0.0584 e. The van der Waals surface area contributed by atoms with Gasteiger partial charge in [0.2, 0.25) is 0 Å². The van der Waals surface area contributed by atoms with Crippen LogP contribution in [0.15, 0.2) is 27.1 Å². The third kappa shape index (κ3) is 5.00. The van der Waals surface area contributed by atoms with E-state index in [9.17, 15) is 5.11 Å². The number of aliphatic hydroxyl groups excluding tert-OH is 1. The van der Waals surface area contributed by atoms with Crippen molar-refractivity contribution in [3.63, 3.8) is 0 Å². The minimum Gasteiger partial charge on any atom is -0.395 e. The standard InChI is InChI=1S/C14H21Br2NO/c1-9(2)6-12(8-18)17-10(3)13-5-4-11(15)7-14(13)16/h4-5,7,9-10,12,17-18H,6,8H2,1-3H3. The van der Waals surface area contributed by atoms with Crippen LogP contribution < -0.4 is 5.32 Å². The Labute approximate surface area is 126 Å². The Balaban J connectivity index is 2.71. The molecule has 102 valence electrons. The Kier molecular flexibility index (Phi) is 6.85. The molecule has 1 rings (SSSR count). The van der Waals surface area contributed by atoms with Gasteiger partial charge in [-0.2, -0.15) is 0 Å². The van der Waals surface area contributed by atoms with Gasteiger partial charge in [0, 0.05) is 21.0 Å². The summed E-state index contributed by atoms with van der Waals surface area (Å²) in [5.74, 6) is 0.579. The van der Waals surface area contributed by atoms with E-state index in [0.29, 0.717) is 5.92 Å². The van der Waals surface area contributed by atoms with E-state index in [0.717, 1.165) is 15.4 Å². The molecule has 2 unspecified atom stereocenters. The van der Waals surface area contributed by atoms with Crippen LogP contribution in [0.25, 0.3) is 0 Å². The Bertz CT molecular complexity index is 382. The zero-order valence-corrected chi connectivity index (χ0v) is 14.3. The monoisotopic (exact) mass is 377 g/mol. The number of aliphatic hydroxyl groups is 1. The molecular weight excluding hydrogens is 358 g/mol. The van der Waals surface area contributed by atoms with Crippen LogP contribution in [0.3, 0.4) is 0 Å². The van der Waals surface area contributed by atoms with Crippen molar-refractivity contribution in [2.24, 2.45) is 5.92 Å². The Morgan fingerprint density at radius 2 is 1.89 bits per heavy atom. The maximum Gasteiger partial charge on any atom is 0.0584 e. The summed E-state index contributed by atoms with van der Waals surface area (Å²) < 4.78 is 2.14. The minimum atomic E-state index is 0.149. The summed E-state index contributed by atoms with van der Waals surface area (Å²) in [6.45, 7) is 6.64. The van der Waals surface area contributed by atoms with Gasteiger partial charge in [-0.15, -0.1) is 0 Å². The van der Waals surface area contributed by atoms with Gasteiger partial charge >= 0.3 is 0 Å². The lowest BCUT2D eigenvalue weighted by molar-refractivity contribution is 0.215. The van der Waals surface area contributed by atoms with E-state index >= 15 is 0 Å². The largest absolute Gasteiger partial charge is 0.395 e. The molecule has 0 bridgehead atoms. The average molecular weight is 379 g/mol. The first-order valence-corrected chi connectivity index (χ1v) is 7.84. The maximum atomic E-state index is 9.40. The lowest BCUT2D eigenvalue weighted by Gasteiger charge is -2.24. The highest BCUT2D eigenvalue weighted by molar-refractivity contribution is 9.11. The molecular formula is C14H21Br2NO. The first-order chi connectivity index (χ1) is 8.43. The maximum absolute atomic E-state index is 9.40. The van der Waals surface area contributed by atoms with Crippen molar-refractivity contribution in [1.29, 1.82) is 0 Å². The Morgan fingerprint density at radius 1 is 1.22 bits per heavy atom. The van der Waals surface area contributed by atoms with Crippen LogP contribution in [-0.4, -0.2) is 17.8 Å². The van der Waals surface area contributed by atoms with Gasteiger partial charge in [-0.25, -0.2) is 0 Å². The summed E-state index contributed by atoms with van der Waals surface area (Å²) in [6.07, 6.45) is 0.981. The number of hydrogen-bond acceptors (Lipinski definition) is 2. The van der Waals surface area contributed by atoms with Gasteiger partial charge < -0.3 is 10.4 Å². The quantitative estimate of drug-likeness (QED) is 0.774. The Morgan fingerprint density at radius 3 is 2.39 bits per heavy atom. The fourth-order valence-electron chi connectivity index (χ4n) is 2.06. The van der Waals surface area contributed by atoms with Crippen LogP contribution in [-0.2, 0) is 0 Å². The van der Waals surface area contributed by atoms with Crippen molar-refractivity contribution in [1.82, 2.24) is 5.32 Å². The summed E-state index contributed by atoms with van der Waals surface area (Å²) in [7, 11) is 0. The second-order valence-electron chi connectivity index (χ2n) is 5.06. The fraction of sp³-hybridized carbons (Fsp3) is 0.571. The highest BCUT2D eigenvalue weighted by atomic mass is 79.9. The second kappa shape index (κ2) is 7.63. The Hall–Kier alpha value is 0.1000. The van der Waals surface area contributed by atoms with Crippen LogP contribution in [0.5, 0.6) is 0 Å². The van der Waals surface area contributed by atoms with E-state index in [2.05, 4.69) is 64.0 Å². The van der Waals surface area contributed by atoms with Crippen molar-refractivity contribution in [2.75, 3.05) is 6.61 Å². The molecule has 0 aliphatic carbocycles. The summed E-state index contributed by atoms with van der Waals surface area (Å²) in [4.78, 5) is 0. The third-order valence-corrected chi connectivity index (χ3v) is 4.07. The molecule has 0 aliphatic rings. The van der Waals surface area contributed by atoms with Gasteiger partial charge in [-0.05, 0) is 37.0 Å². The number of nitrogens with one attached hydrogen (secondary N) is 1. The molecule has 4 heteroatoms. The topological polar surface area (TPSA) is 32.3 Å². The predicted octanol–water partition coefficient (Wildman–Crippen LogP) is 4.27. The molecule has 0 saturated carbocycles. The van der Waals surface area contributed by atoms with Gasteiger partial charge in [-0.1, -0.05) is 51.8 Å². The molecule has 2 N–H and O–H groups in total. The van der Waals surface area contributed by atoms with Crippen molar-refractivity contribution in [3.05, 3.63) is 32.7 Å². The van der Waals surface area contributed by atoms with Crippen molar-refractivity contribution >= 4 is 31.9 Å². The normalized spacial score (nSPS) is 14.8. The van der Waals surface area contributed by atoms with Crippen LogP contribution >= 0.6 is 31.9 Å². The first kappa shape index (κ1) is 16.2. The van der Waals surface area contributed by atoms with Crippen molar-refractivity contribution in [3.8, 4) is 0 Å². The molecule has 0 spiro atoms. The summed E-state index contributed by atoms with van der Waals surface area (Å²) in [5.41, 5.74) is 1.21. The van der Waals surface area contributed by atoms with E-state index < -0.39 is 0 Å². The number of rotatable bonds is 6. The number of hydrogen-bond donors (Lipinski definition) is 2. The molecule has 0 amide bonds. The lowest BCUT2D eigenvalue weighted by Crippen LogP contribution is -2.35. The van der Waals surface area contributed by atoms with E-state index in [4.69, 9.17) is 0 Å². The van der Waals surface area contributed by atoms with E-state index in [-0.39, 0.29) is 18.7 Å².